The molecule has 0 aliphatic heterocycles. The molecule has 0 spiro atoms. The van der Waals surface area contributed by atoms with E-state index in [2.05, 4.69) is 55.8 Å². The van der Waals surface area contributed by atoms with Crippen LogP contribution in [0, 0.1) is 0 Å². The summed E-state index contributed by atoms with van der Waals surface area (Å²) in [5.74, 6) is 0. The van der Waals surface area contributed by atoms with Crippen molar-refractivity contribution < 1.29 is 4.74 Å². The number of aromatic nitrogens is 2. The van der Waals surface area contributed by atoms with Gasteiger partial charge in [0.25, 0.3) is 0 Å². The Kier molecular flexibility index (Phi) is 6.69. The fourth-order valence-electron chi connectivity index (χ4n) is 2.62. The molecule has 0 radical (unpaired) electrons. The van der Waals surface area contributed by atoms with Crippen molar-refractivity contribution in [2.45, 2.75) is 72.1 Å². The molecule has 1 heterocycles. The molecule has 2 unspecified atom stereocenters. The summed E-state index contributed by atoms with van der Waals surface area (Å²) in [7, 11) is 1.81. The van der Waals surface area contributed by atoms with Gasteiger partial charge in [-0.2, -0.15) is 5.10 Å². The molecule has 4 heteroatoms. The molecule has 20 heavy (non-hydrogen) atoms. The van der Waals surface area contributed by atoms with Gasteiger partial charge in [-0.05, 0) is 39.3 Å². The summed E-state index contributed by atoms with van der Waals surface area (Å²) in [5, 5.41) is 8.23. The van der Waals surface area contributed by atoms with Gasteiger partial charge in [-0.25, -0.2) is 0 Å². The van der Waals surface area contributed by atoms with E-state index in [-0.39, 0.29) is 5.60 Å². The van der Waals surface area contributed by atoms with E-state index in [1.54, 1.807) is 0 Å². The number of nitrogens with one attached hydrogen (secondary N) is 1. The first-order chi connectivity index (χ1) is 9.54. The molecule has 1 aromatic rings. The zero-order valence-corrected chi connectivity index (χ0v) is 14.0. The Morgan fingerprint density at radius 2 is 2.05 bits per heavy atom. The van der Waals surface area contributed by atoms with E-state index in [9.17, 15) is 0 Å². The van der Waals surface area contributed by atoms with Crippen LogP contribution in [0.4, 0.5) is 0 Å². The first-order valence-electron chi connectivity index (χ1n) is 7.88. The largest absolute Gasteiger partial charge is 0.377 e. The van der Waals surface area contributed by atoms with Crippen LogP contribution in [0.25, 0.3) is 0 Å². The van der Waals surface area contributed by atoms with Crippen LogP contribution in [-0.2, 0) is 24.1 Å². The molecule has 1 rings (SSSR count). The minimum atomic E-state index is -0.148. The van der Waals surface area contributed by atoms with E-state index in [0.29, 0.717) is 6.04 Å². The molecule has 0 saturated heterocycles. The third-order valence-corrected chi connectivity index (χ3v) is 4.34. The molecule has 4 nitrogen and oxygen atoms in total. The number of ether oxygens (including phenoxy) is 1. The molecule has 0 fully saturated rings. The zero-order valence-electron chi connectivity index (χ0n) is 14.0. The Bertz CT molecular complexity index is 396. The number of aryl methyl sites for hydroxylation is 2. The monoisotopic (exact) mass is 281 g/mol. The quantitative estimate of drug-likeness (QED) is 0.756. The summed E-state index contributed by atoms with van der Waals surface area (Å²) < 4.78 is 7.91. The van der Waals surface area contributed by atoms with E-state index >= 15 is 0 Å². The molecule has 116 valence electrons. The molecule has 0 aromatic carbocycles. The fraction of sp³-hybridized carbons (Fsp3) is 0.812. The highest BCUT2D eigenvalue weighted by Gasteiger charge is 2.32. The lowest BCUT2D eigenvalue weighted by Crippen LogP contribution is -2.51. The van der Waals surface area contributed by atoms with Crippen LogP contribution in [0.1, 0.15) is 52.4 Å². The van der Waals surface area contributed by atoms with Crippen LogP contribution < -0.4 is 5.32 Å². The molecule has 2 atom stereocenters. The Morgan fingerprint density at radius 3 is 2.50 bits per heavy atom. The summed E-state index contributed by atoms with van der Waals surface area (Å²) in [6.45, 7) is 12.7. The average molecular weight is 281 g/mol. The van der Waals surface area contributed by atoms with E-state index in [1.807, 2.05) is 7.11 Å². The Labute approximate surface area is 123 Å². The van der Waals surface area contributed by atoms with Crippen molar-refractivity contribution in [2.24, 2.45) is 0 Å². The van der Waals surface area contributed by atoms with Crippen molar-refractivity contribution in [1.82, 2.24) is 15.1 Å². The number of likely N-dealkylation sites (N-methyl/N-ethyl adjacent to an activating group) is 1. The minimum Gasteiger partial charge on any atom is -0.377 e. The summed E-state index contributed by atoms with van der Waals surface area (Å²) in [6, 6.07) is 2.54. The maximum atomic E-state index is 5.79. The van der Waals surface area contributed by atoms with Crippen molar-refractivity contribution in [3.63, 3.8) is 0 Å². The van der Waals surface area contributed by atoms with Crippen LogP contribution in [0.3, 0.4) is 0 Å². The van der Waals surface area contributed by atoms with Crippen molar-refractivity contribution in [3.05, 3.63) is 17.5 Å². The van der Waals surface area contributed by atoms with Crippen molar-refractivity contribution in [3.8, 4) is 0 Å². The summed E-state index contributed by atoms with van der Waals surface area (Å²) in [4.78, 5) is 0. The van der Waals surface area contributed by atoms with Crippen LogP contribution >= 0.6 is 0 Å². The van der Waals surface area contributed by atoms with Gasteiger partial charge in [-0.1, -0.05) is 20.8 Å². The van der Waals surface area contributed by atoms with Crippen LogP contribution in [0.15, 0.2) is 6.07 Å². The minimum absolute atomic E-state index is 0.148. The molecule has 0 bridgehead atoms. The summed E-state index contributed by atoms with van der Waals surface area (Å²) >= 11 is 0. The molecule has 0 aliphatic carbocycles. The number of rotatable bonds is 9. The molecule has 0 aliphatic rings. The highest BCUT2D eigenvalue weighted by atomic mass is 16.5. The van der Waals surface area contributed by atoms with Gasteiger partial charge >= 0.3 is 0 Å². The number of methoxy groups -OCH3 is 1. The van der Waals surface area contributed by atoms with E-state index < -0.39 is 0 Å². The molecular weight excluding hydrogens is 250 g/mol. The molecule has 0 saturated carbocycles. The van der Waals surface area contributed by atoms with Gasteiger partial charge in [0.1, 0.15) is 0 Å². The highest BCUT2D eigenvalue weighted by Crippen LogP contribution is 2.23. The second-order valence-corrected chi connectivity index (χ2v) is 5.48. The van der Waals surface area contributed by atoms with Gasteiger partial charge in [0.05, 0.1) is 11.3 Å². The Hall–Kier alpha value is -0.870. The normalized spacial score (nSPS) is 16.1. The van der Waals surface area contributed by atoms with E-state index in [0.717, 1.165) is 32.4 Å². The van der Waals surface area contributed by atoms with Crippen molar-refractivity contribution >= 4 is 0 Å². The maximum absolute atomic E-state index is 5.79. The summed E-state index contributed by atoms with van der Waals surface area (Å²) in [6.07, 6.45) is 2.93. The van der Waals surface area contributed by atoms with Gasteiger partial charge in [-0.3, -0.25) is 4.68 Å². The third-order valence-electron chi connectivity index (χ3n) is 4.34. The molecule has 1 N–H and O–H groups in total. The Balaban J connectivity index is 2.98. The van der Waals surface area contributed by atoms with Gasteiger partial charge < -0.3 is 10.1 Å². The Morgan fingerprint density at radius 1 is 1.35 bits per heavy atom. The average Bonchev–Trinajstić information content (AvgIpc) is 2.88. The zero-order chi connectivity index (χ0) is 15.2. The van der Waals surface area contributed by atoms with Crippen molar-refractivity contribution in [1.29, 1.82) is 0 Å². The van der Waals surface area contributed by atoms with Crippen molar-refractivity contribution in [2.75, 3.05) is 13.7 Å². The second kappa shape index (κ2) is 7.79. The van der Waals surface area contributed by atoms with Crippen LogP contribution in [0.2, 0.25) is 0 Å². The lowest BCUT2D eigenvalue weighted by atomic mass is 9.89. The van der Waals surface area contributed by atoms with Crippen LogP contribution in [0.5, 0.6) is 0 Å². The predicted molar refractivity (Wildman–Crippen MR) is 84.2 cm³/mol. The maximum Gasteiger partial charge on any atom is 0.0804 e. The second-order valence-electron chi connectivity index (χ2n) is 5.48. The smallest absolute Gasteiger partial charge is 0.0804 e. The third kappa shape index (κ3) is 3.83. The molecule has 0 amide bonds. The topological polar surface area (TPSA) is 39.1 Å². The fourth-order valence-corrected chi connectivity index (χ4v) is 2.62. The summed E-state index contributed by atoms with van der Waals surface area (Å²) in [5.41, 5.74) is 2.32. The lowest BCUT2D eigenvalue weighted by molar-refractivity contribution is -0.0288. The van der Waals surface area contributed by atoms with E-state index in [1.165, 1.54) is 11.4 Å². The lowest BCUT2D eigenvalue weighted by Gasteiger charge is -2.36. The standard InChI is InChI=1S/C16H31N3O/c1-7-13-11-14(19(10-4)18-13)12-15(17-9-3)16(5,8-2)20-6/h11,15,17H,7-10,12H2,1-6H3. The number of nitrogens with zero attached hydrogens (tertiary/aromatic N) is 2. The van der Waals surface area contributed by atoms with Gasteiger partial charge in [0.2, 0.25) is 0 Å². The highest BCUT2D eigenvalue weighted by molar-refractivity contribution is 5.13. The SMILES string of the molecule is CCNC(Cc1cc(CC)nn1CC)C(C)(CC)OC. The number of hydrogen-bond donors (Lipinski definition) is 1. The number of hydrogen-bond acceptors (Lipinski definition) is 3. The molecule has 1 aromatic heterocycles. The first-order valence-corrected chi connectivity index (χ1v) is 7.88. The van der Waals surface area contributed by atoms with Gasteiger partial charge in [-0.15, -0.1) is 0 Å². The van der Waals surface area contributed by atoms with E-state index in [4.69, 9.17) is 4.74 Å². The van der Waals surface area contributed by atoms with Gasteiger partial charge in [0.15, 0.2) is 0 Å². The molecular formula is C16H31N3O. The van der Waals surface area contributed by atoms with Crippen LogP contribution in [-0.4, -0.2) is 35.1 Å². The first kappa shape index (κ1) is 17.2. The predicted octanol–water partition coefficient (Wildman–Crippen LogP) is 2.80. The van der Waals surface area contributed by atoms with Gasteiger partial charge in [0, 0.05) is 31.8 Å².